The first-order valence-corrected chi connectivity index (χ1v) is 7.32. The minimum atomic E-state index is -0.705. The third kappa shape index (κ3) is 4.78. The first-order valence-electron chi connectivity index (χ1n) is 6.44. The van der Waals surface area contributed by atoms with Gasteiger partial charge in [0.1, 0.15) is 0 Å². The van der Waals surface area contributed by atoms with Gasteiger partial charge in [0.25, 0.3) is 0 Å². The number of hydrogen-bond acceptors (Lipinski definition) is 3. The minimum absolute atomic E-state index is 0.609. The van der Waals surface area contributed by atoms with Gasteiger partial charge < -0.3 is 5.11 Å². The zero-order chi connectivity index (χ0) is 13.6. The SMILES string of the molecule is CCN(CCCC(C)(C)C(=O)O)Cc1cccs1. The van der Waals surface area contributed by atoms with Crippen molar-refractivity contribution < 1.29 is 9.90 Å². The van der Waals surface area contributed by atoms with Crippen molar-refractivity contribution >= 4 is 17.3 Å². The molecule has 0 aliphatic carbocycles. The van der Waals surface area contributed by atoms with E-state index in [0.717, 1.165) is 32.5 Å². The summed E-state index contributed by atoms with van der Waals surface area (Å²) in [7, 11) is 0. The molecule has 0 unspecified atom stereocenters. The second-order valence-corrected chi connectivity index (χ2v) is 6.27. The van der Waals surface area contributed by atoms with Gasteiger partial charge in [0.15, 0.2) is 0 Å². The Kier molecular flexibility index (Phi) is 5.82. The Hall–Kier alpha value is -0.870. The molecule has 0 saturated carbocycles. The molecule has 18 heavy (non-hydrogen) atoms. The summed E-state index contributed by atoms with van der Waals surface area (Å²) in [5, 5.41) is 11.2. The lowest BCUT2D eigenvalue weighted by Crippen LogP contribution is -2.28. The Balaban J connectivity index is 2.34. The van der Waals surface area contributed by atoms with E-state index in [4.69, 9.17) is 5.11 Å². The van der Waals surface area contributed by atoms with Gasteiger partial charge in [0, 0.05) is 11.4 Å². The van der Waals surface area contributed by atoms with E-state index in [9.17, 15) is 4.79 Å². The van der Waals surface area contributed by atoms with Crippen LogP contribution in [0.1, 0.15) is 38.5 Å². The van der Waals surface area contributed by atoms with Crippen molar-refractivity contribution in [2.45, 2.75) is 40.2 Å². The molecule has 102 valence electrons. The van der Waals surface area contributed by atoms with E-state index in [1.54, 1.807) is 25.2 Å². The molecule has 0 bridgehead atoms. The molecule has 1 aromatic rings. The number of nitrogens with zero attached hydrogens (tertiary/aromatic N) is 1. The van der Waals surface area contributed by atoms with Crippen molar-refractivity contribution in [3.63, 3.8) is 0 Å². The van der Waals surface area contributed by atoms with Crippen molar-refractivity contribution in [3.8, 4) is 0 Å². The molecule has 3 nitrogen and oxygen atoms in total. The Labute approximate surface area is 113 Å². The fraction of sp³-hybridized carbons (Fsp3) is 0.643. The topological polar surface area (TPSA) is 40.5 Å². The number of aliphatic carboxylic acids is 1. The highest BCUT2D eigenvalue weighted by Crippen LogP contribution is 2.23. The van der Waals surface area contributed by atoms with E-state index in [2.05, 4.69) is 29.3 Å². The number of hydrogen-bond donors (Lipinski definition) is 1. The molecule has 0 aromatic carbocycles. The largest absolute Gasteiger partial charge is 0.481 e. The zero-order valence-corrected chi connectivity index (χ0v) is 12.3. The molecular formula is C14H23NO2S. The Morgan fingerprint density at radius 3 is 2.72 bits per heavy atom. The zero-order valence-electron chi connectivity index (χ0n) is 11.5. The number of rotatable bonds is 8. The van der Waals surface area contributed by atoms with E-state index in [-0.39, 0.29) is 0 Å². The molecule has 0 aliphatic rings. The van der Waals surface area contributed by atoms with Crippen LogP contribution in [-0.4, -0.2) is 29.1 Å². The molecule has 1 aromatic heterocycles. The van der Waals surface area contributed by atoms with Crippen LogP contribution < -0.4 is 0 Å². The number of carboxylic acid groups (broad SMARTS) is 1. The molecule has 0 atom stereocenters. The van der Waals surface area contributed by atoms with Crippen molar-refractivity contribution in [1.82, 2.24) is 4.90 Å². The number of thiophene rings is 1. The van der Waals surface area contributed by atoms with E-state index >= 15 is 0 Å². The fourth-order valence-electron chi connectivity index (χ4n) is 1.82. The predicted octanol–water partition coefficient (Wildman–Crippen LogP) is 3.46. The van der Waals surface area contributed by atoms with Gasteiger partial charge in [-0.1, -0.05) is 13.0 Å². The number of carboxylic acids is 1. The van der Waals surface area contributed by atoms with Crippen LogP contribution in [0.3, 0.4) is 0 Å². The average molecular weight is 269 g/mol. The number of carbonyl (C=O) groups is 1. The Bertz CT molecular complexity index is 360. The van der Waals surface area contributed by atoms with E-state index in [0.29, 0.717) is 0 Å². The summed E-state index contributed by atoms with van der Waals surface area (Å²) < 4.78 is 0. The lowest BCUT2D eigenvalue weighted by atomic mass is 9.88. The normalized spacial score (nSPS) is 12.0. The second kappa shape index (κ2) is 6.90. The minimum Gasteiger partial charge on any atom is -0.481 e. The summed E-state index contributed by atoms with van der Waals surface area (Å²) in [6.45, 7) is 8.68. The van der Waals surface area contributed by atoms with E-state index < -0.39 is 11.4 Å². The molecule has 4 heteroatoms. The molecule has 1 N–H and O–H groups in total. The third-order valence-corrected chi connectivity index (χ3v) is 4.12. The average Bonchev–Trinajstić information content (AvgIpc) is 2.80. The second-order valence-electron chi connectivity index (χ2n) is 5.24. The first kappa shape index (κ1) is 15.2. The van der Waals surface area contributed by atoms with Gasteiger partial charge in [0.05, 0.1) is 5.41 Å². The van der Waals surface area contributed by atoms with Crippen LogP contribution in [0.5, 0.6) is 0 Å². The monoisotopic (exact) mass is 269 g/mol. The highest BCUT2D eigenvalue weighted by molar-refractivity contribution is 7.09. The van der Waals surface area contributed by atoms with Gasteiger partial charge in [-0.3, -0.25) is 9.69 Å². The molecule has 1 rings (SSSR count). The van der Waals surface area contributed by atoms with Gasteiger partial charge in [0.2, 0.25) is 0 Å². The van der Waals surface area contributed by atoms with Crippen molar-refractivity contribution in [1.29, 1.82) is 0 Å². The maximum atomic E-state index is 11.0. The van der Waals surface area contributed by atoms with Crippen LogP contribution in [0.15, 0.2) is 17.5 Å². The van der Waals surface area contributed by atoms with Crippen molar-refractivity contribution in [3.05, 3.63) is 22.4 Å². The molecule has 0 amide bonds. The smallest absolute Gasteiger partial charge is 0.309 e. The highest BCUT2D eigenvalue weighted by Gasteiger charge is 2.26. The van der Waals surface area contributed by atoms with Crippen LogP contribution in [-0.2, 0) is 11.3 Å². The van der Waals surface area contributed by atoms with Crippen LogP contribution in [0, 0.1) is 5.41 Å². The summed E-state index contributed by atoms with van der Waals surface area (Å²) in [5.74, 6) is -0.705. The quantitative estimate of drug-likeness (QED) is 0.785. The summed E-state index contributed by atoms with van der Waals surface area (Å²) >= 11 is 1.77. The van der Waals surface area contributed by atoms with Gasteiger partial charge >= 0.3 is 5.97 Å². The van der Waals surface area contributed by atoms with Crippen LogP contribution in [0.2, 0.25) is 0 Å². The van der Waals surface area contributed by atoms with Gasteiger partial charge in [-0.2, -0.15) is 0 Å². The summed E-state index contributed by atoms with van der Waals surface area (Å²) in [6.07, 6.45) is 1.65. The van der Waals surface area contributed by atoms with E-state index in [1.807, 2.05) is 0 Å². The first-order chi connectivity index (χ1) is 8.45. The molecule has 1 heterocycles. The molecular weight excluding hydrogens is 246 g/mol. The summed E-state index contributed by atoms with van der Waals surface area (Å²) in [6, 6.07) is 4.22. The Morgan fingerprint density at radius 1 is 1.50 bits per heavy atom. The molecule has 0 fully saturated rings. The summed E-state index contributed by atoms with van der Waals surface area (Å²) in [4.78, 5) is 14.7. The van der Waals surface area contributed by atoms with Gasteiger partial charge in [-0.05, 0) is 51.2 Å². The maximum Gasteiger partial charge on any atom is 0.309 e. The Morgan fingerprint density at radius 2 is 2.22 bits per heavy atom. The van der Waals surface area contributed by atoms with Gasteiger partial charge in [-0.15, -0.1) is 11.3 Å². The lowest BCUT2D eigenvalue weighted by Gasteiger charge is -2.23. The fourth-order valence-corrected chi connectivity index (χ4v) is 2.57. The van der Waals surface area contributed by atoms with Gasteiger partial charge in [-0.25, -0.2) is 0 Å². The maximum absolute atomic E-state index is 11.0. The molecule has 0 spiro atoms. The highest BCUT2D eigenvalue weighted by atomic mass is 32.1. The van der Waals surface area contributed by atoms with Crippen molar-refractivity contribution in [2.75, 3.05) is 13.1 Å². The lowest BCUT2D eigenvalue weighted by molar-refractivity contribution is -0.147. The van der Waals surface area contributed by atoms with Crippen LogP contribution in [0.4, 0.5) is 0 Å². The van der Waals surface area contributed by atoms with Crippen LogP contribution >= 0.6 is 11.3 Å². The molecule has 0 radical (unpaired) electrons. The molecule has 0 saturated heterocycles. The third-order valence-electron chi connectivity index (χ3n) is 3.26. The van der Waals surface area contributed by atoms with Crippen LogP contribution in [0.25, 0.3) is 0 Å². The standard InChI is InChI=1S/C14H23NO2S/c1-4-15(11-12-7-5-10-18-12)9-6-8-14(2,3)13(16)17/h5,7,10H,4,6,8-9,11H2,1-3H3,(H,16,17). The van der Waals surface area contributed by atoms with Crippen molar-refractivity contribution in [2.24, 2.45) is 5.41 Å². The molecule has 0 aliphatic heterocycles. The summed E-state index contributed by atoms with van der Waals surface area (Å²) in [5.41, 5.74) is -0.609. The van der Waals surface area contributed by atoms with E-state index in [1.165, 1.54) is 4.88 Å². The predicted molar refractivity (Wildman–Crippen MR) is 75.9 cm³/mol.